The summed E-state index contributed by atoms with van der Waals surface area (Å²) >= 11 is 4.68. The first-order valence-corrected chi connectivity index (χ1v) is 20.0. The van der Waals surface area contributed by atoms with Crippen LogP contribution >= 0.6 is 12.6 Å². The maximum atomic E-state index is 13.5. The van der Waals surface area contributed by atoms with E-state index >= 15 is 0 Å². The van der Waals surface area contributed by atoms with E-state index in [1.54, 1.807) is 26.0 Å². The number of amides is 4. The highest BCUT2D eigenvalue weighted by Gasteiger charge is 2.44. The molecule has 58 heavy (non-hydrogen) atoms. The summed E-state index contributed by atoms with van der Waals surface area (Å²) in [7, 11) is 0. The Balaban J connectivity index is 0.862. The first-order valence-electron chi connectivity index (χ1n) is 19.5. The molecule has 4 aliphatic rings. The lowest BCUT2D eigenvalue weighted by atomic mass is 9.92. The van der Waals surface area contributed by atoms with E-state index in [1.807, 2.05) is 18.2 Å². The van der Waals surface area contributed by atoms with Crippen LogP contribution in [0.2, 0.25) is 0 Å². The Morgan fingerprint density at radius 1 is 0.983 bits per heavy atom. The van der Waals surface area contributed by atoms with Crippen LogP contribution in [0.1, 0.15) is 107 Å². The highest BCUT2D eigenvalue weighted by atomic mass is 32.1. The van der Waals surface area contributed by atoms with E-state index < -0.39 is 46.4 Å². The Hall–Kier alpha value is -5.00. The normalized spacial score (nSPS) is 21.5. The summed E-state index contributed by atoms with van der Waals surface area (Å²) in [4.78, 5) is 65.3. The number of carbonyl (C=O) groups is 4. The first-order chi connectivity index (χ1) is 27.5. The van der Waals surface area contributed by atoms with Gasteiger partial charge in [-0.25, -0.2) is 9.97 Å². The van der Waals surface area contributed by atoms with Crippen LogP contribution in [0.25, 0.3) is 11.1 Å². The Morgan fingerprint density at radius 3 is 2.41 bits per heavy atom. The van der Waals surface area contributed by atoms with Gasteiger partial charge in [0.2, 0.25) is 11.8 Å². The average molecular weight is 820 g/mol. The zero-order chi connectivity index (χ0) is 41.1. The number of oxazole rings is 1. The van der Waals surface area contributed by atoms with Crippen LogP contribution in [-0.4, -0.2) is 87.3 Å². The standard InChI is InChI=1S/C41H44F3N7O6S/c1-40(2,56)27-19-30-32(20-29(27)46-35(53)28-4-3-5-33(45-28)41(42,43)44)57-37(47-30)23-12-14-49(15-13-23)21-22-10-16-50(17-11-22)24-6-7-25-26(18-24)38(55)51(39(25)58)31-8-9-34(52)48-36(31)54/h3-7,18-20,22-23,31,39,56,58H,8-17,21H2,1-2H3,(H,46,53)(H,48,52,54). The highest BCUT2D eigenvalue weighted by Crippen LogP contribution is 2.42. The molecule has 17 heteroatoms. The SMILES string of the molecule is CC(C)(O)c1cc2nc(C3CCN(CC4CCN(c5ccc6c(c5)C(=O)N(C5CCC(=O)NC5=O)C6S)CC4)CC3)oc2cc1NC(=O)c1cccc(C(F)(F)F)n1. The van der Waals surface area contributed by atoms with Crippen LogP contribution in [0.3, 0.4) is 0 Å². The van der Waals surface area contributed by atoms with Gasteiger partial charge >= 0.3 is 6.18 Å². The number of carbonyl (C=O) groups excluding carboxylic acids is 4. The second-order valence-corrected chi connectivity index (χ2v) is 16.7. The number of piperidine rings is 3. The third kappa shape index (κ3) is 7.91. The minimum Gasteiger partial charge on any atom is -0.440 e. The van der Waals surface area contributed by atoms with Gasteiger partial charge in [0.25, 0.3) is 11.8 Å². The van der Waals surface area contributed by atoms with Gasteiger partial charge in [0, 0.05) is 54.9 Å². The number of imide groups is 1. The van der Waals surface area contributed by atoms with Gasteiger partial charge in [-0.05, 0) is 101 Å². The second kappa shape index (κ2) is 15.3. The molecule has 0 bridgehead atoms. The zero-order valence-corrected chi connectivity index (χ0v) is 32.9. The third-order valence-corrected chi connectivity index (χ3v) is 12.3. The van der Waals surface area contributed by atoms with Crippen molar-refractivity contribution in [2.24, 2.45) is 5.92 Å². The summed E-state index contributed by atoms with van der Waals surface area (Å²) in [5.41, 5.74) is 0.643. The molecule has 4 amide bonds. The van der Waals surface area contributed by atoms with Gasteiger partial charge < -0.3 is 29.5 Å². The summed E-state index contributed by atoms with van der Waals surface area (Å²) < 4.78 is 45.9. The summed E-state index contributed by atoms with van der Waals surface area (Å²) in [6.07, 6.45) is -0.581. The van der Waals surface area contributed by atoms with Crippen LogP contribution in [0.5, 0.6) is 0 Å². The van der Waals surface area contributed by atoms with Crippen molar-refractivity contribution in [1.82, 2.24) is 25.1 Å². The summed E-state index contributed by atoms with van der Waals surface area (Å²) in [6.45, 7) is 7.49. The lowest BCUT2D eigenvalue weighted by Crippen LogP contribution is -2.53. The number of thiol groups is 1. The number of nitrogens with zero attached hydrogens (tertiary/aromatic N) is 5. The molecular formula is C41H44F3N7O6S. The smallest absolute Gasteiger partial charge is 0.433 e. The van der Waals surface area contributed by atoms with Crippen LogP contribution in [0.15, 0.2) is 52.9 Å². The number of nitrogens with one attached hydrogen (secondary N) is 2. The number of fused-ring (bicyclic) bond motifs is 2. The maximum Gasteiger partial charge on any atom is 0.433 e. The summed E-state index contributed by atoms with van der Waals surface area (Å²) in [6, 6.07) is 11.4. The molecule has 0 spiro atoms. The van der Waals surface area contributed by atoms with Gasteiger partial charge in [0.05, 0.1) is 11.3 Å². The van der Waals surface area contributed by atoms with Crippen LogP contribution in [0.4, 0.5) is 24.5 Å². The minimum absolute atomic E-state index is 0.0636. The number of rotatable bonds is 8. The van der Waals surface area contributed by atoms with Gasteiger partial charge in [-0.1, -0.05) is 12.1 Å². The van der Waals surface area contributed by atoms with E-state index in [0.717, 1.165) is 81.8 Å². The molecule has 3 saturated heterocycles. The van der Waals surface area contributed by atoms with Crippen molar-refractivity contribution >= 4 is 58.7 Å². The van der Waals surface area contributed by atoms with Gasteiger partial charge in [0.15, 0.2) is 11.5 Å². The van der Waals surface area contributed by atoms with Crippen molar-refractivity contribution in [3.63, 3.8) is 0 Å². The largest absolute Gasteiger partial charge is 0.440 e. The van der Waals surface area contributed by atoms with E-state index in [0.29, 0.717) is 34.0 Å². The molecule has 8 rings (SSSR count). The molecule has 2 atom stereocenters. The molecule has 2 unspecified atom stereocenters. The first kappa shape index (κ1) is 39.8. The fourth-order valence-electron chi connectivity index (χ4n) is 8.59. The molecule has 2 aromatic heterocycles. The number of aliphatic hydroxyl groups is 1. The highest BCUT2D eigenvalue weighted by molar-refractivity contribution is 7.80. The Bertz CT molecular complexity index is 2280. The summed E-state index contributed by atoms with van der Waals surface area (Å²) in [5, 5.41) is 15.3. The van der Waals surface area contributed by atoms with E-state index in [9.17, 15) is 37.5 Å². The van der Waals surface area contributed by atoms with Crippen molar-refractivity contribution in [2.45, 2.75) is 81.5 Å². The van der Waals surface area contributed by atoms with Crippen molar-refractivity contribution in [1.29, 1.82) is 0 Å². The number of benzene rings is 2. The molecule has 0 aliphatic carbocycles. The number of alkyl halides is 3. The van der Waals surface area contributed by atoms with Gasteiger partial charge in [-0.3, -0.25) is 24.5 Å². The Kier molecular flexibility index (Phi) is 10.5. The van der Waals surface area contributed by atoms with Crippen molar-refractivity contribution < 1.29 is 41.9 Å². The summed E-state index contributed by atoms with van der Waals surface area (Å²) in [5.74, 6) is -0.763. The second-order valence-electron chi connectivity index (χ2n) is 16.2. The van der Waals surface area contributed by atoms with E-state index in [1.165, 1.54) is 11.0 Å². The number of hydrogen-bond acceptors (Lipinski definition) is 11. The molecule has 4 aliphatic heterocycles. The number of pyridine rings is 1. The zero-order valence-electron chi connectivity index (χ0n) is 32.0. The molecule has 0 radical (unpaired) electrons. The maximum absolute atomic E-state index is 13.5. The predicted molar refractivity (Wildman–Crippen MR) is 210 cm³/mol. The van der Waals surface area contributed by atoms with Gasteiger partial charge in [-0.2, -0.15) is 13.2 Å². The molecule has 13 nitrogen and oxygen atoms in total. The fourth-order valence-corrected chi connectivity index (χ4v) is 9.08. The lowest BCUT2D eigenvalue weighted by molar-refractivity contribution is -0.141. The molecule has 0 saturated carbocycles. The molecule has 3 N–H and O–H groups in total. The van der Waals surface area contributed by atoms with Gasteiger partial charge in [-0.15, -0.1) is 12.6 Å². The average Bonchev–Trinajstić information content (AvgIpc) is 3.71. The fraction of sp³-hybridized carbons (Fsp3) is 0.463. The number of halogens is 3. The molecule has 4 aromatic rings. The van der Waals surface area contributed by atoms with E-state index in [2.05, 4.69) is 38.0 Å². The van der Waals surface area contributed by atoms with Crippen molar-refractivity contribution in [3.05, 3.63) is 82.5 Å². The van der Waals surface area contributed by atoms with Crippen molar-refractivity contribution in [2.75, 3.05) is 42.9 Å². The van der Waals surface area contributed by atoms with Gasteiger partial charge in [0.1, 0.15) is 28.3 Å². The Labute approximate surface area is 337 Å². The number of anilines is 2. The molecule has 2 aromatic carbocycles. The van der Waals surface area contributed by atoms with E-state index in [-0.39, 0.29) is 36.3 Å². The predicted octanol–water partition coefficient (Wildman–Crippen LogP) is 6.01. The minimum atomic E-state index is -4.71. The Morgan fingerprint density at radius 2 is 1.72 bits per heavy atom. The van der Waals surface area contributed by atoms with E-state index in [4.69, 9.17) is 9.40 Å². The molecule has 3 fully saturated rings. The number of hydrogen-bond donors (Lipinski definition) is 4. The molecule has 6 heterocycles. The van der Waals surface area contributed by atoms with Crippen LogP contribution in [-0.2, 0) is 21.4 Å². The van der Waals surface area contributed by atoms with Crippen molar-refractivity contribution in [3.8, 4) is 0 Å². The third-order valence-electron chi connectivity index (χ3n) is 11.7. The number of likely N-dealkylation sites (tertiary alicyclic amines) is 1. The molecule has 306 valence electrons. The lowest BCUT2D eigenvalue weighted by Gasteiger charge is -2.38. The quantitative estimate of drug-likeness (QED) is 0.123. The monoisotopic (exact) mass is 819 g/mol. The van der Waals surface area contributed by atoms with Crippen LogP contribution < -0.4 is 15.5 Å². The topological polar surface area (TPSA) is 161 Å². The number of aromatic nitrogens is 2. The molecular weight excluding hydrogens is 776 g/mol. The van der Waals surface area contributed by atoms with Crippen LogP contribution in [0, 0.1) is 5.92 Å².